The van der Waals surface area contributed by atoms with Gasteiger partial charge >= 0.3 is 0 Å². The summed E-state index contributed by atoms with van der Waals surface area (Å²) < 4.78 is 12.3. The van der Waals surface area contributed by atoms with Crippen molar-refractivity contribution in [2.24, 2.45) is 10.9 Å². The minimum absolute atomic E-state index is 0.144. The van der Waals surface area contributed by atoms with Crippen LogP contribution < -0.4 is 10.1 Å². The molecule has 0 saturated heterocycles. The normalized spacial score (nSPS) is 18.9. The van der Waals surface area contributed by atoms with Gasteiger partial charge in [-0.2, -0.15) is 4.99 Å². The molecule has 2 aromatic carbocycles. The number of amidine groups is 1. The maximum atomic E-state index is 10.8. The van der Waals surface area contributed by atoms with E-state index in [-0.39, 0.29) is 13.2 Å². The van der Waals surface area contributed by atoms with Crippen molar-refractivity contribution < 1.29 is 14.6 Å². The van der Waals surface area contributed by atoms with E-state index in [1.54, 1.807) is 0 Å². The highest BCUT2D eigenvalue weighted by atomic mass is 79.9. The molecule has 1 aliphatic carbocycles. The zero-order valence-corrected chi connectivity index (χ0v) is 23.1. The van der Waals surface area contributed by atoms with Crippen molar-refractivity contribution in [3.8, 4) is 18.1 Å². The van der Waals surface area contributed by atoms with Crippen LogP contribution >= 0.6 is 15.9 Å². The van der Waals surface area contributed by atoms with Crippen molar-refractivity contribution in [2.75, 3.05) is 18.5 Å². The molecule has 3 atom stereocenters. The Hall–Kier alpha value is -3.01. The van der Waals surface area contributed by atoms with Crippen molar-refractivity contribution in [3.05, 3.63) is 81.7 Å². The predicted octanol–water partition coefficient (Wildman–Crippen LogP) is 6.95. The first-order valence-electron chi connectivity index (χ1n) is 12.9. The van der Waals surface area contributed by atoms with Gasteiger partial charge in [-0.25, -0.2) is 0 Å². The van der Waals surface area contributed by atoms with Gasteiger partial charge in [-0.3, -0.25) is 0 Å². The number of hydrogen-bond donors (Lipinski definition) is 2. The Balaban J connectivity index is 1.34. The molecule has 0 aromatic heterocycles. The number of hydrogen-bond acceptors (Lipinski definition) is 5. The number of aliphatic hydroxyl groups is 1. The Morgan fingerprint density at radius 1 is 1.22 bits per heavy atom. The van der Waals surface area contributed by atoms with E-state index in [4.69, 9.17) is 15.9 Å². The third-order valence-electron chi connectivity index (χ3n) is 6.86. The maximum Gasteiger partial charge on any atom is 0.230 e. The van der Waals surface area contributed by atoms with Crippen molar-refractivity contribution in [2.45, 2.75) is 58.0 Å². The smallest absolute Gasteiger partial charge is 0.230 e. The lowest BCUT2D eigenvalue weighted by molar-refractivity contribution is 0.0819. The first kappa shape index (κ1) is 27.0. The minimum atomic E-state index is -0.530. The summed E-state index contributed by atoms with van der Waals surface area (Å²) in [5.74, 6) is 5.24. The number of aliphatic hydroxyl groups excluding tert-OH is 1. The van der Waals surface area contributed by atoms with Gasteiger partial charge < -0.3 is 19.9 Å². The van der Waals surface area contributed by atoms with Crippen LogP contribution in [0.2, 0.25) is 0 Å². The zero-order chi connectivity index (χ0) is 26.2. The molecule has 0 amide bonds. The van der Waals surface area contributed by atoms with Crippen molar-refractivity contribution in [1.29, 1.82) is 0 Å². The number of ether oxygens (including phenoxy) is 2. The molecule has 2 aromatic rings. The second-order valence-corrected chi connectivity index (χ2v) is 10.8. The number of nitrogens with zero attached hydrogens (tertiary/aromatic N) is 1. The molecule has 2 N–H and O–H groups in total. The quantitative estimate of drug-likeness (QED) is 0.324. The number of terminal acetylenes is 1. The Kier molecular flexibility index (Phi) is 9.49. The number of aliphatic imine (C=N–C) groups is 1. The highest BCUT2D eigenvalue weighted by molar-refractivity contribution is 9.11. The van der Waals surface area contributed by atoms with Crippen LogP contribution in [0.1, 0.15) is 56.6 Å². The number of allylic oxidation sites excluding steroid dienone is 2. The van der Waals surface area contributed by atoms with Crippen LogP contribution in [0, 0.1) is 18.3 Å². The highest BCUT2D eigenvalue weighted by Crippen LogP contribution is 2.38. The molecule has 4 rings (SSSR count). The number of anilines is 1. The molecule has 1 aliphatic heterocycles. The topological polar surface area (TPSA) is 63.1 Å². The second-order valence-electron chi connectivity index (χ2n) is 9.90. The summed E-state index contributed by atoms with van der Waals surface area (Å²) in [5, 5.41) is 14.1. The fraction of sp³-hybridized carbons (Fsp3) is 0.387. The van der Waals surface area contributed by atoms with E-state index >= 15 is 0 Å². The predicted molar refractivity (Wildman–Crippen MR) is 154 cm³/mol. The first-order valence-corrected chi connectivity index (χ1v) is 13.7. The molecule has 2 aliphatic rings. The van der Waals surface area contributed by atoms with Gasteiger partial charge in [0, 0.05) is 18.2 Å². The standard InChI is InChI=1S/C31H35BrN2O3/c1-4-15-36-31-29(32)16-21(2)17-30(34-31)33-24-11-8-12-26(19-24)37-20-25(35)18-22(3)27-14-7-10-23-9-5-6-13-28(23)27/h1,5-6,8-9,11-13,16,19,22,25,27,35H,7,10,14-15,17-18,20H2,2-3H3,(H,33,34). The lowest BCUT2D eigenvalue weighted by atomic mass is 9.75. The van der Waals surface area contributed by atoms with E-state index in [1.807, 2.05) is 37.3 Å². The lowest BCUT2D eigenvalue weighted by Gasteiger charge is -2.31. The molecule has 6 heteroatoms. The van der Waals surface area contributed by atoms with Gasteiger partial charge in [-0.15, -0.1) is 6.42 Å². The van der Waals surface area contributed by atoms with E-state index in [0.717, 1.165) is 28.0 Å². The summed E-state index contributed by atoms with van der Waals surface area (Å²) in [5.41, 5.74) is 4.89. The summed E-state index contributed by atoms with van der Waals surface area (Å²) in [6.07, 6.45) is 11.7. The molecular formula is C31H35BrN2O3. The van der Waals surface area contributed by atoms with E-state index in [1.165, 1.54) is 24.0 Å². The molecular weight excluding hydrogens is 528 g/mol. The molecule has 37 heavy (non-hydrogen) atoms. The average Bonchev–Trinajstić information content (AvgIpc) is 3.02. The van der Waals surface area contributed by atoms with E-state index in [9.17, 15) is 5.11 Å². The highest BCUT2D eigenvalue weighted by Gasteiger charge is 2.26. The molecule has 0 spiro atoms. The molecule has 3 unspecified atom stereocenters. The SMILES string of the molecule is C#CCOC1=C(Br)C=C(C)CC(Nc2cccc(OCC(O)CC(C)C3CCCc4ccccc43)c2)=N1. The number of fused-ring (bicyclic) bond motifs is 1. The van der Waals surface area contributed by atoms with Gasteiger partial charge in [-0.1, -0.05) is 48.7 Å². The van der Waals surface area contributed by atoms with E-state index < -0.39 is 6.10 Å². The van der Waals surface area contributed by atoms with Crippen molar-refractivity contribution in [3.63, 3.8) is 0 Å². The summed E-state index contributed by atoms with van der Waals surface area (Å²) >= 11 is 3.52. The Morgan fingerprint density at radius 2 is 2.05 bits per heavy atom. The third kappa shape index (κ3) is 7.50. The molecule has 0 bridgehead atoms. The fourth-order valence-corrected chi connectivity index (χ4v) is 5.75. The summed E-state index contributed by atoms with van der Waals surface area (Å²) in [6, 6.07) is 16.4. The summed E-state index contributed by atoms with van der Waals surface area (Å²) in [7, 11) is 0. The van der Waals surface area contributed by atoms with Crippen LogP contribution in [0.3, 0.4) is 0 Å². The Bertz CT molecular complexity index is 1230. The van der Waals surface area contributed by atoms with Gasteiger partial charge in [0.1, 0.15) is 18.2 Å². The maximum absolute atomic E-state index is 10.8. The second kappa shape index (κ2) is 13.0. The number of benzene rings is 2. The molecule has 0 fully saturated rings. The van der Waals surface area contributed by atoms with Gasteiger partial charge in [0.25, 0.3) is 0 Å². The van der Waals surface area contributed by atoms with Gasteiger partial charge in [0.05, 0.1) is 10.6 Å². The Morgan fingerprint density at radius 3 is 2.89 bits per heavy atom. The van der Waals surface area contributed by atoms with E-state index in [0.29, 0.717) is 36.3 Å². The molecule has 194 valence electrons. The summed E-state index contributed by atoms with van der Waals surface area (Å²) in [4.78, 5) is 4.62. The fourth-order valence-electron chi connectivity index (χ4n) is 5.16. The number of rotatable bonds is 9. The molecule has 0 saturated carbocycles. The lowest BCUT2D eigenvalue weighted by Crippen LogP contribution is -2.25. The van der Waals surface area contributed by atoms with Gasteiger partial charge in [-0.05, 0) is 89.7 Å². The van der Waals surface area contributed by atoms with Crippen molar-refractivity contribution >= 4 is 27.5 Å². The van der Waals surface area contributed by atoms with Crippen LogP contribution in [0.15, 0.2) is 75.5 Å². The van der Waals surface area contributed by atoms with Crippen LogP contribution in [0.5, 0.6) is 5.75 Å². The van der Waals surface area contributed by atoms with Gasteiger partial charge in [0.2, 0.25) is 5.88 Å². The van der Waals surface area contributed by atoms with Crippen LogP contribution in [-0.2, 0) is 11.2 Å². The van der Waals surface area contributed by atoms with Crippen LogP contribution in [0.25, 0.3) is 0 Å². The third-order valence-corrected chi connectivity index (χ3v) is 7.43. The van der Waals surface area contributed by atoms with Gasteiger partial charge in [0.15, 0.2) is 6.61 Å². The number of aryl methyl sites for hydroxylation is 1. The van der Waals surface area contributed by atoms with E-state index in [2.05, 4.69) is 63.3 Å². The van der Waals surface area contributed by atoms with Crippen molar-refractivity contribution in [1.82, 2.24) is 0 Å². The monoisotopic (exact) mass is 562 g/mol. The average molecular weight is 564 g/mol. The Labute approximate surface area is 228 Å². The largest absolute Gasteiger partial charge is 0.491 e. The number of nitrogens with one attached hydrogen (secondary N) is 1. The first-order chi connectivity index (χ1) is 17.9. The minimum Gasteiger partial charge on any atom is -0.491 e. The zero-order valence-electron chi connectivity index (χ0n) is 21.5. The summed E-state index contributed by atoms with van der Waals surface area (Å²) in [6.45, 7) is 4.69. The number of halogens is 1. The van der Waals surface area contributed by atoms with Crippen LogP contribution in [-0.4, -0.2) is 30.3 Å². The molecule has 1 heterocycles. The molecule has 5 nitrogen and oxygen atoms in total. The molecule has 0 radical (unpaired) electrons. The van der Waals surface area contributed by atoms with Crippen LogP contribution in [0.4, 0.5) is 5.69 Å².